The van der Waals surface area contributed by atoms with Gasteiger partial charge in [-0.25, -0.2) is 0 Å². The van der Waals surface area contributed by atoms with Crippen molar-refractivity contribution < 1.29 is 21.2 Å². The van der Waals surface area contributed by atoms with E-state index in [9.17, 15) is 0 Å². The van der Waals surface area contributed by atoms with E-state index in [1.165, 1.54) is 0 Å². The van der Waals surface area contributed by atoms with Crippen LogP contribution in [0.4, 0.5) is 4.11 Å². The number of benzene rings is 3. The van der Waals surface area contributed by atoms with E-state index in [1.54, 1.807) is 6.07 Å². The van der Waals surface area contributed by atoms with Gasteiger partial charge in [-0.15, -0.1) is 5.19 Å². The second kappa shape index (κ2) is 8.53. The van der Waals surface area contributed by atoms with Crippen LogP contribution in [0.3, 0.4) is 0 Å². The van der Waals surface area contributed by atoms with Crippen molar-refractivity contribution >= 4 is 42.8 Å². The minimum Gasteiger partial charge on any atom is -0.298 e. The molecule has 3 rings (SSSR count). The molecule has 0 saturated heterocycles. The average molecular weight is 348 g/mol. The van der Waals surface area contributed by atoms with Crippen molar-refractivity contribution in [3.8, 4) is 0 Å². The van der Waals surface area contributed by atoms with Gasteiger partial charge in [0.05, 0.1) is 0 Å². The minimum absolute atomic E-state index is 0. The average Bonchev–Trinajstić information content (AvgIpc) is 2.56. The third kappa shape index (κ3) is 3.63. The number of halogens is 1. The van der Waals surface area contributed by atoms with E-state index in [0.717, 1.165) is 10.4 Å². The summed E-state index contributed by atoms with van der Waals surface area (Å²) in [5.41, 5.74) is 0. The molecule has 0 aliphatic carbocycles. The van der Waals surface area contributed by atoms with Crippen LogP contribution in [0.1, 0.15) is 0 Å². The molecule has 0 spiro atoms. The largest absolute Gasteiger partial charge is 1.00 e. The maximum Gasteiger partial charge on any atom is 1.00 e. The summed E-state index contributed by atoms with van der Waals surface area (Å²) in [4.78, 5) is 0. The van der Waals surface area contributed by atoms with Crippen LogP contribution < -0.4 is 15.6 Å². The smallest absolute Gasteiger partial charge is 0.298 e. The molecule has 0 aliphatic rings. The first-order valence-corrected chi connectivity index (χ1v) is 8.47. The molecule has 0 amide bonds. The van der Waals surface area contributed by atoms with Crippen LogP contribution in [0.5, 0.6) is 0 Å². The van der Waals surface area contributed by atoms with Gasteiger partial charge in [-0.2, -0.15) is 30.3 Å². The van der Waals surface area contributed by atoms with Crippen molar-refractivity contribution in [2.75, 3.05) is 0 Å². The van der Waals surface area contributed by atoms with Crippen molar-refractivity contribution in [3.05, 3.63) is 91.0 Å². The zero-order chi connectivity index (χ0) is 13.8. The molecule has 0 heterocycles. The Bertz CT molecular complexity index is 581. The molecule has 0 aromatic heterocycles. The topological polar surface area (TPSA) is 0 Å². The summed E-state index contributed by atoms with van der Waals surface area (Å²) >= 11 is 0. The van der Waals surface area contributed by atoms with E-state index in [4.69, 9.17) is 0 Å². The molecule has 0 atom stereocenters. The van der Waals surface area contributed by atoms with Gasteiger partial charge in [-0.05, 0) is 10.4 Å². The molecule has 22 heavy (non-hydrogen) atoms. The van der Waals surface area contributed by atoms with Crippen LogP contribution in [-0.4, -0.2) is 27.3 Å². The van der Waals surface area contributed by atoms with E-state index in [0.29, 0.717) is 5.19 Å². The molecule has 109 valence electrons. The normalized spacial score (nSPS) is 10.2. The predicted octanol–water partition coefficient (Wildman–Crippen LogP) is 2.04. The van der Waals surface area contributed by atoms with Crippen LogP contribution >= 0.6 is 0 Å². The van der Waals surface area contributed by atoms with Gasteiger partial charge in [0.1, 0.15) is 0 Å². The Morgan fingerprint density at radius 3 is 1.55 bits per heavy atom. The number of hydrogen-bond acceptors (Lipinski definition) is 0. The summed E-state index contributed by atoms with van der Waals surface area (Å²) in [6.07, 6.45) is 0. The van der Waals surface area contributed by atoms with Crippen molar-refractivity contribution in [1.82, 2.24) is 0 Å². The molecule has 0 nitrogen and oxygen atoms in total. The molecular formula is C18H14CuFLiSi. The summed E-state index contributed by atoms with van der Waals surface area (Å²) in [5, 5.41) is 2.18. The van der Waals surface area contributed by atoms with Gasteiger partial charge >= 0.3 is 25.5 Å². The quantitative estimate of drug-likeness (QED) is 0.294. The molecule has 4 heteroatoms. The van der Waals surface area contributed by atoms with Crippen LogP contribution in [-0.2, 0) is 17.1 Å². The predicted molar refractivity (Wildman–Crippen MR) is 89.7 cm³/mol. The van der Waals surface area contributed by atoms with Crippen molar-refractivity contribution in [1.29, 1.82) is 0 Å². The summed E-state index contributed by atoms with van der Waals surface area (Å²) in [6.45, 7) is 0. The van der Waals surface area contributed by atoms with Gasteiger partial charge < -0.3 is 0 Å². The molecule has 0 fully saturated rings. The molecule has 0 aliphatic heterocycles. The van der Waals surface area contributed by atoms with Gasteiger partial charge in [0.25, 0.3) is 0 Å². The van der Waals surface area contributed by atoms with E-state index in [2.05, 4.69) is 6.07 Å². The third-order valence-corrected chi connectivity index (χ3v) is 6.73. The number of rotatable bonds is 3. The van der Waals surface area contributed by atoms with E-state index < -0.39 is 8.41 Å². The van der Waals surface area contributed by atoms with Crippen molar-refractivity contribution in [2.24, 2.45) is 0 Å². The molecule has 3 aromatic rings. The van der Waals surface area contributed by atoms with E-state index in [-0.39, 0.29) is 35.9 Å². The zero-order valence-corrected chi connectivity index (χ0v) is 14.2. The molecule has 0 N–H and O–H groups in total. The first kappa shape index (κ1) is 19.0. The fourth-order valence-corrected chi connectivity index (χ4v) is 5.29. The fourth-order valence-electron chi connectivity index (χ4n) is 2.42. The Morgan fingerprint density at radius 1 is 0.682 bits per heavy atom. The minimum atomic E-state index is -3.43. The van der Waals surface area contributed by atoms with E-state index >= 15 is 4.11 Å². The molecule has 3 aromatic carbocycles. The van der Waals surface area contributed by atoms with Crippen LogP contribution in [0.15, 0.2) is 84.9 Å². The third-order valence-electron chi connectivity index (χ3n) is 3.42. The monoisotopic (exact) mass is 347 g/mol. The Labute approximate surface area is 154 Å². The number of hydrogen-bond donors (Lipinski definition) is 0. The SMILES string of the molecule is F[Si](c1[c-]cccc1)(c1ccccc1)c1ccccc1.[Cu+].[Li]. The Hall–Kier alpha value is -1.08. The van der Waals surface area contributed by atoms with Gasteiger partial charge in [-0.3, -0.25) is 4.11 Å². The first-order valence-electron chi connectivity index (χ1n) is 6.59. The van der Waals surface area contributed by atoms with Gasteiger partial charge in [0, 0.05) is 18.9 Å². The van der Waals surface area contributed by atoms with Crippen LogP contribution in [0.2, 0.25) is 0 Å². The standard InChI is InChI=1S/C18H14FSi.Cu.Li/c19-20(16-10-4-1-5-11-16,17-12-6-2-7-13-17)18-14-8-3-9-15-18;;/h1-14H;;/q-1;+1;. The molecular weight excluding hydrogens is 334 g/mol. The molecule has 0 bridgehead atoms. The molecule has 0 unspecified atom stereocenters. The summed E-state index contributed by atoms with van der Waals surface area (Å²) < 4.78 is 16.1. The molecule has 0 saturated carbocycles. The summed E-state index contributed by atoms with van der Waals surface area (Å²) in [5.74, 6) is 0. The Morgan fingerprint density at radius 2 is 1.14 bits per heavy atom. The summed E-state index contributed by atoms with van der Waals surface area (Å²) in [6, 6.07) is 29.4. The van der Waals surface area contributed by atoms with Crippen LogP contribution in [0, 0.1) is 6.07 Å². The van der Waals surface area contributed by atoms with Crippen molar-refractivity contribution in [3.63, 3.8) is 0 Å². The maximum absolute atomic E-state index is 16.1. The van der Waals surface area contributed by atoms with E-state index in [1.807, 2.05) is 78.9 Å². The maximum atomic E-state index is 16.1. The molecule has 1 radical (unpaired) electrons. The summed E-state index contributed by atoms with van der Waals surface area (Å²) in [7, 11) is -3.43. The zero-order valence-electron chi connectivity index (χ0n) is 12.3. The van der Waals surface area contributed by atoms with Crippen LogP contribution in [0.25, 0.3) is 0 Å². The second-order valence-corrected chi connectivity index (χ2v) is 7.68. The first-order chi connectivity index (χ1) is 9.82. The fraction of sp³-hybridized carbons (Fsp3) is 0. The Balaban J connectivity index is 0.00000121. The van der Waals surface area contributed by atoms with Gasteiger partial charge in [0.2, 0.25) is 0 Å². The van der Waals surface area contributed by atoms with Gasteiger partial charge in [0.15, 0.2) is 0 Å². The van der Waals surface area contributed by atoms with Crippen molar-refractivity contribution in [2.45, 2.75) is 0 Å². The second-order valence-electron chi connectivity index (χ2n) is 4.67. The van der Waals surface area contributed by atoms with Gasteiger partial charge in [-0.1, -0.05) is 60.7 Å². The Kier molecular flexibility index (Phi) is 7.35.